The molecule has 1 aliphatic carbocycles. The van der Waals surface area contributed by atoms with E-state index in [0.717, 1.165) is 38.2 Å². The van der Waals surface area contributed by atoms with Crippen LogP contribution in [0.1, 0.15) is 43.7 Å². The number of hydrogen-bond acceptors (Lipinski definition) is 4. The Morgan fingerprint density at radius 1 is 1.25 bits per heavy atom. The standard InChI is InChI=1S/C21H34N4O2.HI/c1-6-27-20(26)16-7-10-18(11-8-16)24-21(22-3)23-14-17-9-12-19(25(4)5)13-15(17)2;/h9,12-13,16,18H,6-8,10-11,14H2,1-5H3,(H2,22,23,24);1H. The van der Waals surface area contributed by atoms with Gasteiger partial charge in [-0.25, -0.2) is 0 Å². The van der Waals surface area contributed by atoms with Crippen LogP contribution in [0.2, 0.25) is 0 Å². The van der Waals surface area contributed by atoms with Gasteiger partial charge in [0.25, 0.3) is 0 Å². The molecule has 0 amide bonds. The summed E-state index contributed by atoms with van der Waals surface area (Å²) in [6, 6.07) is 6.84. The lowest BCUT2D eigenvalue weighted by molar-refractivity contribution is -0.149. The average Bonchev–Trinajstić information content (AvgIpc) is 2.66. The number of anilines is 1. The fraction of sp³-hybridized carbons (Fsp3) is 0.619. The zero-order valence-electron chi connectivity index (χ0n) is 17.7. The van der Waals surface area contributed by atoms with Gasteiger partial charge in [0.1, 0.15) is 0 Å². The number of guanidine groups is 1. The molecule has 0 bridgehead atoms. The molecule has 1 aromatic rings. The van der Waals surface area contributed by atoms with Gasteiger partial charge in [-0.3, -0.25) is 9.79 Å². The zero-order valence-corrected chi connectivity index (χ0v) is 20.1. The van der Waals surface area contributed by atoms with Gasteiger partial charge in [0.15, 0.2) is 5.96 Å². The minimum atomic E-state index is -0.0462. The Labute approximate surface area is 186 Å². The highest BCUT2D eigenvalue weighted by atomic mass is 127. The lowest BCUT2D eigenvalue weighted by Gasteiger charge is -2.29. The van der Waals surface area contributed by atoms with Crippen LogP contribution >= 0.6 is 24.0 Å². The number of aliphatic imine (C=N–C) groups is 1. The van der Waals surface area contributed by atoms with Crippen molar-refractivity contribution in [3.63, 3.8) is 0 Å². The van der Waals surface area contributed by atoms with Crippen LogP contribution in [0.4, 0.5) is 5.69 Å². The maximum absolute atomic E-state index is 11.9. The summed E-state index contributed by atoms with van der Waals surface area (Å²) < 4.78 is 5.14. The zero-order chi connectivity index (χ0) is 19.8. The molecule has 1 fully saturated rings. The van der Waals surface area contributed by atoms with Crippen LogP contribution in [0.25, 0.3) is 0 Å². The van der Waals surface area contributed by atoms with Crippen molar-refractivity contribution in [3.05, 3.63) is 29.3 Å². The Hall–Kier alpha value is -1.51. The summed E-state index contributed by atoms with van der Waals surface area (Å²) >= 11 is 0. The van der Waals surface area contributed by atoms with E-state index in [0.29, 0.717) is 12.6 Å². The van der Waals surface area contributed by atoms with Crippen LogP contribution in [0.5, 0.6) is 0 Å². The van der Waals surface area contributed by atoms with Gasteiger partial charge >= 0.3 is 5.97 Å². The molecule has 1 aromatic carbocycles. The van der Waals surface area contributed by atoms with Gasteiger partial charge in [-0.1, -0.05) is 6.07 Å². The quantitative estimate of drug-likeness (QED) is 0.270. The predicted molar refractivity (Wildman–Crippen MR) is 127 cm³/mol. The second kappa shape index (κ2) is 12.1. The van der Waals surface area contributed by atoms with E-state index in [4.69, 9.17) is 4.74 Å². The van der Waals surface area contributed by atoms with Gasteiger partial charge in [0.05, 0.1) is 12.5 Å². The van der Waals surface area contributed by atoms with Gasteiger partial charge in [-0.2, -0.15) is 0 Å². The Balaban J connectivity index is 0.00000392. The molecule has 6 nitrogen and oxygen atoms in total. The first-order chi connectivity index (χ1) is 12.9. The highest BCUT2D eigenvalue weighted by Gasteiger charge is 2.27. The number of aryl methyl sites for hydroxylation is 1. The number of ether oxygens (including phenoxy) is 1. The summed E-state index contributed by atoms with van der Waals surface area (Å²) in [5.74, 6) is 0.816. The Kier molecular flexibility index (Phi) is 10.6. The van der Waals surface area contributed by atoms with Crippen molar-refractivity contribution in [2.75, 3.05) is 32.6 Å². The predicted octanol–water partition coefficient (Wildman–Crippen LogP) is 3.47. The van der Waals surface area contributed by atoms with Crippen molar-refractivity contribution >= 4 is 41.6 Å². The molecule has 28 heavy (non-hydrogen) atoms. The summed E-state index contributed by atoms with van der Waals surface area (Å²) in [6.45, 7) is 5.19. The van der Waals surface area contributed by atoms with Gasteiger partial charge < -0.3 is 20.3 Å². The van der Waals surface area contributed by atoms with E-state index in [1.165, 1.54) is 16.8 Å². The molecule has 0 atom stereocenters. The van der Waals surface area contributed by atoms with Gasteiger partial charge in [-0.15, -0.1) is 24.0 Å². The number of nitrogens with zero attached hydrogens (tertiary/aromatic N) is 2. The molecule has 0 heterocycles. The van der Waals surface area contributed by atoms with Crippen molar-refractivity contribution < 1.29 is 9.53 Å². The first-order valence-electron chi connectivity index (χ1n) is 9.85. The summed E-state index contributed by atoms with van der Waals surface area (Å²) in [5, 5.41) is 6.91. The van der Waals surface area contributed by atoms with Crippen LogP contribution in [0.15, 0.2) is 23.2 Å². The van der Waals surface area contributed by atoms with Gasteiger partial charge in [-0.05, 0) is 62.8 Å². The molecule has 2 rings (SSSR count). The van der Waals surface area contributed by atoms with E-state index in [2.05, 4.69) is 59.7 Å². The largest absolute Gasteiger partial charge is 0.466 e. The fourth-order valence-electron chi connectivity index (χ4n) is 3.46. The molecule has 0 spiro atoms. The Morgan fingerprint density at radius 2 is 1.93 bits per heavy atom. The third-order valence-corrected chi connectivity index (χ3v) is 5.20. The summed E-state index contributed by atoms with van der Waals surface area (Å²) in [5.41, 5.74) is 3.73. The molecule has 7 heteroatoms. The van der Waals surface area contributed by atoms with Crippen LogP contribution in [-0.2, 0) is 16.1 Å². The van der Waals surface area contributed by atoms with Crippen LogP contribution < -0.4 is 15.5 Å². The molecule has 0 aromatic heterocycles. The van der Waals surface area contributed by atoms with E-state index in [-0.39, 0.29) is 35.9 Å². The van der Waals surface area contributed by atoms with E-state index in [1.54, 1.807) is 7.05 Å². The number of nitrogens with one attached hydrogen (secondary N) is 2. The fourth-order valence-corrected chi connectivity index (χ4v) is 3.46. The third kappa shape index (κ3) is 7.14. The number of carbonyl (C=O) groups is 1. The maximum atomic E-state index is 11.9. The first-order valence-corrected chi connectivity index (χ1v) is 9.85. The molecule has 0 aliphatic heterocycles. The minimum Gasteiger partial charge on any atom is -0.466 e. The molecule has 0 unspecified atom stereocenters. The number of rotatable bonds is 6. The molecule has 0 radical (unpaired) electrons. The lowest BCUT2D eigenvalue weighted by Crippen LogP contribution is -2.45. The second-order valence-electron chi connectivity index (χ2n) is 7.38. The van der Waals surface area contributed by atoms with E-state index in [9.17, 15) is 4.79 Å². The molecule has 1 saturated carbocycles. The molecule has 1 aliphatic rings. The number of esters is 1. The van der Waals surface area contributed by atoms with Crippen LogP contribution in [-0.4, -0.2) is 45.7 Å². The van der Waals surface area contributed by atoms with Crippen LogP contribution in [0, 0.1) is 12.8 Å². The van der Waals surface area contributed by atoms with Gasteiger partial charge in [0.2, 0.25) is 0 Å². The number of hydrogen-bond donors (Lipinski definition) is 2. The maximum Gasteiger partial charge on any atom is 0.308 e. The van der Waals surface area contributed by atoms with E-state index >= 15 is 0 Å². The van der Waals surface area contributed by atoms with Crippen molar-refractivity contribution in [1.29, 1.82) is 0 Å². The SMILES string of the molecule is CCOC(=O)C1CCC(NC(=NC)NCc2ccc(N(C)C)cc2C)CC1.I. The minimum absolute atomic E-state index is 0. The molecule has 0 saturated heterocycles. The number of benzene rings is 1. The third-order valence-electron chi connectivity index (χ3n) is 5.20. The summed E-state index contributed by atoms with van der Waals surface area (Å²) in [4.78, 5) is 18.3. The Morgan fingerprint density at radius 3 is 2.46 bits per heavy atom. The van der Waals surface area contributed by atoms with Crippen LogP contribution in [0.3, 0.4) is 0 Å². The van der Waals surface area contributed by atoms with Crippen molar-refractivity contribution in [1.82, 2.24) is 10.6 Å². The summed E-state index contributed by atoms with van der Waals surface area (Å²) in [7, 11) is 5.89. The first kappa shape index (κ1) is 24.5. The van der Waals surface area contributed by atoms with Gasteiger partial charge in [0, 0.05) is 39.4 Å². The second-order valence-corrected chi connectivity index (χ2v) is 7.38. The topological polar surface area (TPSA) is 66.0 Å². The van der Waals surface area contributed by atoms with Crippen molar-refractivity contribution in [2.24, 2.45) is 10.9 Å². The smallest absolute Gasteiger partial charge is 0.308 e. The molecule has 158 valence electrons. The monoisotopic (exact) mass is 502 g/mol. The van der Waals surface area contributed by atoms with Crippen molar-refractivity contribution in [3.8, 4) is 0 Å². The average molecular weight is 502 g/mol. The molecular weight excluding hydrogens is 467 g/mol. The Bertz CT molecular complexity index is 656. The van der Waals surface area contributed by atoms with E-state index < -0.39 is 0 Å². The molecule has 2 N–H and O–H groups in total. The molecular formula is C21H35IN4O2. The summed E-state index contributed by atoms with van der Waals surface area (Å²) in [6.07, 6.45) is 3.67. The van der Waals surface area contributed by atoms with E-state index in [1.807, 2.05) is 6.92 Å². The highest BCUT2D eigenvalue weighted by Crippen LogP contribution is 2.25. The van der Waals surface area contributed by atoms with Crippen molar-refractivity contribution in [2.45, 2.75) is 52.1 Å². The highest BCUT2D eigenvalue weighted by molar-refractivity contribution is 14.0. The normalized spacial score (nSPS) is 19.4. The number of carbonyl (C=O) groups excluding carboxylic acids is 1. The number of halogens is 1. The lowest BCUT2D eigenvalue weighted by atomic mass is 9.86.